The van der Waals surface area contributed by atoms with E-state index in [0.717, 1.165) is 49.0 Å². The molecular weight excluding hydrogens is 424 g/mol. The molecule has 170 valence electrons. The average Bonchev–Trinajstić information content (AvgIpc) is 3.51. The maximum absolute atomic E-state index is 11.9. The summed E-state index contributed by atoms with van der Waals surface area (Å²) in [5, 5.41) is 4.70. The molecule has 0 radical (unpaired) electrons. The highest BCUT2D eigenvalue weighted by Crippen LogP contribution is 2.40. The van der Waals surface area contributed by atoms with Crippen molar-refractivity contribution in [3.05, 3.63) is 54.0 Å². The summed E-state index contributed by atoms with van der Waals surface area (Å²) < 4.78 is 30.9. The summed E-state index contributed by atoms with van der Waals surface area (Å²) >= 11 is 0. The lowest BCUT2D eigenvalue weighted by atomic mass is 10.1. The van der Waals surface area contributed by atoms with Gasteiger partial charge in [0.2, 0.25) is 0 Å². The molecule has 0 amide bonds. The lowest BCUT2D eigenvalue weighted by molar-refractivity contribution is 0.334. The van der Waals surface area contributed by atoms with E-state index < -0.39 is 10.1 Å². The molecule has 3 aromatic rings. The molecule has 0 aliphatic heterocycles. The molecule has 8 heteroatoms. The molecule has 0 bridgehead atoms. The predicted octanol–water partition coefficient (Wildman–Crippen LogP) is 4.63. The Morgan fingerprint density at radius 2 is 2.03 bits per heavy atom. The second-order valence-corrected chi connectivity index (χ2v) is 10.7. The van der Waals surface area contributed by atoms with Gasteiger partial charge in [0.15, 0.2) is 0 Å². The lowest BCUT2D eigenvalue weighted by Crippen LogP contribution is -2.13. The first-order valence-electron chi connectivity index (χ1n) is 11.6. The highest BCUT2D eigenvalue weighted by Gasteiger charge is 2.29. The van der Waals surface area contributed by atoms with E-state index in [9.17, 15) is 8.42 Å². The fourth-order valence-corrected chi connectivity index (χ4v) is 6.46. The second kappa shape index (κ2) is 8.83. The van der Waals surface area contributed by atoms with Gasteiger partial charge in [-0.3, -0.25) is 4.18 Å². The zero-order valence-electron chi connectivity index (χ0n) is 18.4. The van der Waals surface area contributed by atoms with Crippen molar-refractivity contribution in [3.63, 3.8) is 0 Å². The summed E-state index contributed by atoms with van der Waals surface area (Å²) in [7, 11) is -3.40. The van der Waals surface area contributed by atoms with Gasteiger partial charge >= 0.3 is 0 Å². The standard InChI is InChI=1S/C24H30N4O3S/c1-2-31-32(29,30)14-12-17-7-9-19(15-17)28-13-11-21-23(25-16-26-24(21)28)27-22-10-8-18-5-3-4-6-20(18)22/h3-6,11,13,16-17,19,22H,2,7-10,12,14-15H2,1H3,(H,25,26,27)/t17-,19+,22+/m1/s1. The van der Waals surface area contributed by atoms with Crippen LogP contribution in [0.15, 0.2) is 42.9 Å². The summed E-state index contributed by atoms with van der Waals surface area (Å²) in [5.41, 5.74) is 3.72. The minimum absolute atomic E-state index is 0.101. The van der Waals surface area contributed by atoms with E-state index in [1.165, 1.54) is 11.1 Å². The minimum atomic E-state index is -3.40. The van der Waals surface area contributed by atoms with Crippen molar-refractivity contribution in [1.29, 1.82) is 0 Å². The number of hydrogen-bond acceptors (Lipinski definition) is 6. The summed E-state index contributed by atoms with van der Waals surface area (Å²) in [6.07, 6.45) is 9.59. The molecular formula is C24H30N4O3S. The highest BCUT2D eigenvalue weighted by molar-refractivity contribution is 7.86. The van der Waals surface area contributed by atoms with Gasteiger partial charge in [0, 0.05) is 12.2 Å². The number of benzene rings is 1. The Morgan fingerprint density at radius 1 is 1.16 bits per heavy atom. The van der Waals surface area contributed by atoms with Gasteiger partial charge in [-0.25, -0.2) is 9.97 Å². The zero-order chi connectivity index (χ0) is 22.1. The number of hydrogen-bond donors (Lipinski definition) is 1. The van der Waals surface area contributed by atoms with E-state index in [-0.39, 0.29) is 18.4 Å². The average molecular weight is 455 g/mol. The smallest absolute Gasteiger partial charge is 0.267 e. The van der Waals surface area contributed by atoms with Crippen molar-refractivity contribution < 1.29 is 12.6 Å². The zero-order valence-corrected chi connectivity index (χ0v) is 19.2. The summed E-state index contributed by atoms with van der Waals surface area (Å²) in [5.74, 6) is 1.37. The quantitative estimate of drug-likeness (QED) is 0.500. The number of aryl methyl sites for hydroxylation is 1. The molecule has 7 nitrogen and oxygen atoms in total. The van der Waals surface area contributed by atoms with Crippen molar-refractivity contribution in [2.75, 3.05) is 17.7 Å². The monoisotopic (exact) mass is 454 g/mol. The fraction of sp³-hybridized carbons (Fsp3) is 0.500. The van der Waals surface area contributed by atoms with E-state index in [4.69, 9.17) is 4.18 Å². The molecule has 3 atom stereocenters. The summed E-state index contributed by atoms with van der Waals surface area (Å²) in [4.78, 5) is 9.15. The molecule has 2 aliphatic rings. The van der Waals surface area contributed by atoms with Gasteiger partial charge in [-0.2, -0.15) is 8.42 Å². The van der Waals surface area contributed by atoms with E-state index in [2.05, 4.69) is 56.4 Å². The van der Waals surface area contributed by atoms with Crippen LogP contribution in [0.25, 0.3) is 11.0 Å². The highest BCUT2D eigenvalue weighted by atomic mass is 32.2. The van der Waals surface area contributed by atoms with Crippen LogP contribution in [0.4, 0.5) is 5.82 Å². The van der Waals surface area contributed by atoms with Crippen LogP contribution in [0, 0.1) is 5.92 Å². The molecule has 0 unspecified atom stereocenters. The fourth-order valence-electron chi connectivity index (χ4n) is 5.37. The Hall–Kier alpha value is -2.45. The Morgan fingerprint density at radius 3 is 2.91 bits per heavy atom. The second-order valence-electron chi connectivity index (χ2n) is 8.91. The molecule has 2 aliphatic carbocycles. The van der Waals surface area contributed by atoms with Crippen LogP contribution in [-0.4, -0.2) is 35.3 Å². The van der Waals surface area contributed by atoms with Gasteiger partial charge in [0.05, 0.1) is 23.8 Å². The first kappa shape index (κ1) is 21.4. The first-order valence-corrected chi connectivity index (χ1v) is 13.1. The Balaban J connectivity index is 1.30. The van der Waals surface area contributed by atoms with Gasteiger partial charge < -0.3 is 9.88 Å². The normalized spacial score (nSPS) is 23.0. The number of nitrogens with zero attached hydrogens (tertiary/aromatic N) is 3. The van der Waals surface area contributed by atoms with Crippen LogP contribution in [0.5, 0.6) is 0 Å². The molecule has 1 fully saturated rings. The van der Waals surface area contributed by atoms with Gasteiger partial charge in [-0.05, 0) is 68.6 Å². The predicted molar refractivity (Wildman–Crippen MR) is 125 cm³/mol. The Bertz CT molecular complexity index is 1210. The Kier molecular flexibility index (Phi) is 5.90. The van der Waals surface area contributed by atoms with Crippen molar-refractivity contribution in [1.82, 2.24) is 14.5 Å². The van der Waals surface area contributed by atoms with Crippen molar-refractivity contribution >= 4 is 27.0 Å². The number of fused-ring (bicyclic) bond motifs is 2. The van der Waals surface area contributed by atoms with Crippen LogP contribution < -0.4 is 5.32 Å². The maximum Gasteiger partial charge on any atom is 0.267 e. The first-order chi connectivity index (χ1) is 15.5. The third kappa shape index (κ3) is 4.26. The van der Waals surface area contributed by atoms with E-state index in [1.54, 1.807) is 13.3 Å². The topological polar surface area (TPSA) is 86.1 Å². The number of rotatable bonds is 8. The van der Waals surface area contributed by atoms with Gasteiger partial charge in [-0.1, -0.05) is 24.3 Å². The molecule has 2 aromatic heterocycles. The van der Waals surface area contributed by atoms with E-state index >= 15 is 0 Å². The van der Waals surface area contributed by atoms with E-state index in [0.29, 0.717) is 18.4 Å². The van der Waals surface area contributed by atoms with Crippen molar-refractivity contribution in [2.24, 2.45) is 5.92 Å². The van der Waals surface area contributed by atoms with Gasteiger partial charge in [0.1, 0.15) is 17.8 Å². The molecule has 1 aromatic carbocycles. The van der Waals surface area contributed by atoms with Crippen LogP contribution in [0.3, 0.4) is 0 Å². The van der Waals surface area contributed by atoms with Gasteiger partial charge in [0.25, 0.3) is 10.1 Å². The number of aromatic nitrogens is 3. The molecule has 32 heavy (non-hydrogen) atoms. The molecule has 1 saturated carbocycles. The molecule has 5 rings (SSSR count). The third-order valence-electron chi connectivity index (χ3n) is 6.93. The van der Waals surface area contributed by atoms with Crippen LogP contribution in [-0.2, 0) is 20.7 Å². The van der Waals surface area contributed by atoms with E-state index in [1.807, 2.05) is 0 Å². The number of anilines is 1. The summed E-state index contributed by atoms with van der Waals surface area (Å²) in [6, 6.07) is 11.3. The van der Waals surface area contributed by atoms with Crippen LogP contribution in [0.2, 0.25) is 0 Å². The molecule has 2 heterocycles. The third-order valence-corrected chi connectivity index (χ3v) is 8.26. The Labute approximate surface area is 189 Å². The molecule has 0 saturated heterocycles. The molecule has 0 spiro atoms. The number of nitrogens with one attached hydrogen (secondary N) is 1. The largest absolute Gasteiger partial charge is 0.363 e. The van der Waals surface area contributed by atoms with Crippen molar-refractivity contribution in [2.45, 2.75) is 57.5 Å². The van der Waals surface area contributed by atoms with Gasteiger partial charge in [-0.15, -0.1) is 0 Å². The minimum Gasteiger partial charge on any atom is -0.363 e. The van der Waals surface area contributed by atoms with Crippen LogP contribution >= 0.6 is 0 Å². The summed E-state index contributed by atoms with van der Waals surface area (Å²) in [6.45, 7) is 1.91. The molecule has 1 N–H and O–H groups in total. The van der Waals surface area contributed by atoms with Crippen molar-refractivity contribution in [3.8, 4) is 0 Å². The van der Waals surface area contributed by atoms with Crippen LogP contribution in [0.1, 0.15) is 62.2 Å². The SMILES string of the molecule is CCOS(=O)(=O)CC[C@H]1CC[C@H](n2ccc3c(N[C@H]4CCc5ccccc54)ncnc32)C1. The lowest BCUT2D eigenvalue weighted by Gasteiger charge is -2.17. The maximum atomic E-state index is 11.9.